The number of aromatic nitrogens is 1. The molecule has 13 heavy (non-hydrogen) atoms. The van der Waals surface area contributed by atoms with Crippen LogP contribution >= 0.6 is 27.3 Å². The summed E-state index contributed by atoms with van der Waals surface area (Å²) in [5.74, 6) is 0.896. The Bertz CT molecular complexity index is 296. The first-order chi connectivity index (χ1) is 6.18. The smallest absolute Gasteiger partial charge is 0.186 e. The van der Waals surface area contributed by atoms with Gasteiger partial charge in [-0.25, -0.2) is 4.98 Å². The van der Waals surface area contributed by atoms with Crippen molar-refractivity contribution in [3.05, 3.63) is 9.98 Å². The average molecular weight is 261 g/mol. The highest BCUT2D eigenvalue weighted by Gasteiger charge is 2.31. The third kappa shape index (κ3) is 2.05. The van der Waals surface area contributed by atoms with Crippen LogP contribution in [0.4, 0.5) is 5.13 Å². The molecule has 0 bridgehead atoms. The largest absolute Gasteiger partial charge is 0.348 e. The van der Waals surface area contributed by atoms with Crippen LogP contribution in [0.2, 0.25) is 0 Å². The minimum absolute atomic E-state index is 0.637. The monoisotopic (exact) mass is 260 g/mol. The molecular weight excluding hydrogens is 248 g/mol. The molecule has 2 nitrogen and oxygen atoms in total. The van der Waals surface area contributed by atoms with Crippen molar-refractivity contribution >= 4 is 32.4 Å². The van der Waals surface area contributed by atoms with Crippen molar-refractivity contribution in [1.29, 1.82) is 0 Å². The normalized spacial score (nSPS) is 18.7. The van der Waals surface area contributed by atoms with Gasteiger partial charge >= 0.3 is 0 Å². The number of thiazole rings is 1. The molecule has 1 aromatic heterocycles. The van der Waals surface area contributed by atoms with Crippen molar-refractivity contribution < 1.29 is 0 Å². The van der Waals surface area contributed by atoms with Gasteiger partial charge in [-0.2, -0.15) is 0 Å². The molecule has 0 saturated heterocycles. The molecule has 2 rings (SSSR count). The standard InChI is InChI=1S/C9H13BrN2S/c1-6(7-3-4-7)12(2)9-11-8(10)5-13-9/h5-7H,3-4H2,1-2H3. The lowest BCUT2D eigenvalue weighted by molar-refractivity contribution is 0.608. The molecule has 1 unspecified atom stereocenters. The van der Waals surface area contributed by atoms with Crippen molar-refractivity contribution in [1.82, 2.24) is 4.98 Å². The summed E-state index contributed by atoms with van der Waals surface area (Å²) >= 11 is 5.07. The van der Waals surface area contributed by atoms with Gasteiger partial charge in [0.1, 0.15) is 4.60 Å². The minimum Gasteiger partial charge on any atom is -0.348 e. The highest BCUT2D eigenvalue weighted by molar-refractivity contribution is 9.10. The summed E-state index contributed by atoms with van der Waals surface area (Å²) in [4.78, 5) is 6.69. The fraction of sp³-hybridized carbons (Fsp3) is 0.667. The summed E-state index contributed by atoms with van der Waals surface area (Å²) in [6.45, 7) is 2.28. The van der Waals surface area contributed by atoms with E-state index >= 15 is 0 Å². The van der Waals surface area contributed by atoms with Gasteiger partial charge in [0.05, 0.1) is 0 Å². The van der Waals surface area contributed by atoms with Crippen molar-refractivity contribution in [2.24, 2.45) is 5.92 Å². The molecule has 1 heterocycles. The van der Waals surface area contributed by atoms with Gasteiger partial charge in [0, 0.05) is 18.5 Å². The van der Waals surface area contributed by atoms with Crippen LogP contribution in [0, 0.1) is 5.92 Å². The molecule has 0 amide bonds. The van der Waals surface area contributed by atoms with Crippen LogP contribution < -0.4 is 4.90 Å². The van der Waals surface area contributed by atoms with E-state index in [1.165, 1.54) is 12.8 Å². The number of anilines is 1. The molecule has 0 radical (unpaired) electrons. The molecule has 1 aliphatic carbocycles. The van der Waals surface area contributed by atoms with E-state index in [0.29, 0.717) is 6.04 Å². The van der Waals surface area contributed by atoms with Crippen LogP contribution in [-0.2, 0) is 0 Å². The SMILES string of the molecule is CC(C1CC1)N(C)c1nc(Br)cs1. The zero-order chi connectivity index (χ0) is 9.42. The molecule has 0 N–H and O–H groups in total. The summed E-state index contributed by atoms with van der Waals surface area (Å²) < 4.78 is 0.947. The van der Waals surface area contributed by atoms with Gasteiger partial charge in [-0.3, -0.25) is 0 Å². The van der Waals surface area contributed by atoms with Gasteiger partial charge in [-0.1, -0.05) is 0 Å². The highest BCUT2D eigenvalue weighted by atomic mass is 79.9. The second-order valence-electron chi connectivity index (χ2n) is 3.64. The number of hydrogen-bond donors (Lipinski definition) is 0. The number of halogens is 1. The van der Waals surface area contributed by atoms with Crippen LogP contribution in [0.5, 0.6) is 0 Å². The first-order valence-corrected chi connectivity index (χ1v) is 6.19. The van der Waals surface area contributed by atoms with E-state index in [9.17, 15) is 0 Å². The molecular formula is C9H13BrN2S. The van der Waals surface area contributed by atoms with E-state index in [2.05, 4.69) is 39.8 Å². The van der Waals surface area contributed by atoms with Crippen molar-refractivity contribution in [3.63, 3.8) is 0 Å². The van der Waals surface area contributed by atoms with Crippen molar-refractivity contribution in [2.45, 2.75) is 25.8 Å². The number of nitrogens with zero attached hydrogens (tertiary/aromatic N) is 2. The maximum absolute atomic E-state index is 4.40. The predicted molar refractivity (Wildman–Crippen MR) is 60.4 cm³/mol. The quantitative estimate of drug-likeness (QED) is 0.831. The highest BCUT2D eigenvalue weighted by Crippen LogP contribution is 2.37. The van der Waals surface area contributed by atoms with E-state index < -0.39 is 0 Å². The fourth-order valence-electron chi connectivity index (χ4n) is 1.48. The Morgan fingerprint density at radius 3 is 2.85 bits per heavy atom. The van der Waals surface area contributed by atoms with Crippen LogP contribution in [0.1, 0.15) is 19.8 Å². The lowest BCUT2D eigenvalue weighted by Crippen LogP contribution is -2.30. The van der Waals surface area contributed by atoms with Crippen LogP contribution in [-0.4, -0.2) is 18.1 Å². The molecule has 4 heteroatoms. The van der Waals surface area contributed by atoms with E-state index in [4.69, 9.17) is 0 Å². The third-order valence-corrected chi connectivity index (χ3v) is 4.32. The lowest BCUT2D eigenvalue weighted by Gasteiger charge is -2.23. The van der Waals surface area contributed by atoms with Crippen LogP contribution in [0.25, 0.3) is 0 Å². The number of hydrogen-bond acceptors (Lipinski definition) is 3. The van der Waals surface area contributed by atoms with Gasteiger partial charge in [-0.15, -0.1) is 11.3 Å². The summed E-state index contributed by atoms with van der Waals surface area (Å²) in [6, 6.07) is 0.637. The van der Waals surface area contributed by atoms with Crippen LogP contribution in [0.3, 0.4) is 0 Å². The molecule has 0 aliphatic heterocycles. The molecule has 1 aliphatic rings. The molecule has 1 aromatic rings. The van der Waals surface area contributed by atoms with Gasteiger partial charge < -0.3 is 4.90 Å². The molecule has 1 fully saturated rings. The van der Waals surface area contributed by atoms with E-state index in [0.717, 1.165) is 15.7 Å². The van der Waals surface area contributed by atoms with E-state index in [-0.39, 0.29) is 0 Å². The van der Waals surface area contributed by atoms with Gasteiger partial charge in [0.2, 0.25) is 0 Å². The number of rotatable bonds is 3. The fourth-order valence-corrected chi connectivity index (χ4v) is 2.78. The topological polar surface area (TPSA) is 16.1 Å². The molecule has 1 atom stereocenters. The summed E-state index contributed by atoms with van der Waals surface area (Å²) in [5.41, 5.74) is 0. The van der Waals surface area contributed by atoms with E-state index in [1.54, 1.807) is 11.3 Å². The maximum Gasteiger partial charge on any atom is 0.186 e. The average Bonchev–Trinajstić information content (AvgIpc) is 2.87. The Balaban J connectivity index is 2.06. The lowest BCUT2D eigenvalue weighted by atomic mass is 10.2. The predicted octanol–water partition coefficient (Wildman–Crippen LogP) is 3.14. The Kier molecular flexibility index (Phi) is 2.60. The Hall–Kier alpha value is -0.0900. The second kappa shape index (κ2) is 3.58. The third-order valence-electron chi connectivity index (χ3n) is 2.68. The summed E-state index contributed by atoms with van der Waals surface area (Å²) in [7, 11) is 2.13. The summed E-state index contributed by atoms with van der Waals surface area (Å²) in [6.07, 6.45) is 2.77. The van der Waals surface area contributed by atoms with Gasteiger partial charge in [-0.05, 0) is 41.6 Å². The Morgan fingerprint density at radius 1 is 1.69 bits per heavy atom. The van der Waals surface area contributed by atoms with Crippen molar-refractivity contribution in [3.8, 4) is 0 Å². The Morgan fingerprint density at radius 2 is 2.38 bits per heavy atom. The van der Waals surface area contributed by atoms with Crippen molar-refractivity contribution in [2.75, 3.05) is 11.9 Å². The zero-order valence-corrected chi connectivity index (χ0v) is 10.2. The first-order valence-electron chi connectivity index (χ1n) is 4.52. The Labute approximate surface area is 91.1 Å². The van der Waals surface area contributed by atoms with E-state index in [1.807, 2.05) is 5.38 Å². The zero-order valence-electron chi connectivity index (χ0n) is 7.83. The maximum atomic E-state index is 4.40. The first kappa shape index (κ1) is 9.46. The van der Waals surface area contributed by atoms with Crippen LogP contribution in [0.15, 0.2) is 9.98 Å². The van der Waals surface area contributed by atoms with Gasteiger partial charge in [0.15, 0.2) is 5.13 Å². The second-order valence-corrected chi connectivity index (χ2v) is 5.29. The molecule has 0 aromatic carbocycles. The molecule has 0 spiro atoms. The minimum atomic E-state index is 0.637. The molecule has 72 valence electrons. The molecule has 1 saturated carbocycles. The summed E-state index contributed by atoms with van der Waals surface area (Å²) in [5, 5.41) is 3.15. The van der Waals surface area contributed by atoms with Gasteiger partial charge in [0.25, 0.3) is 0 Å².